The number of cyclic esters (lactones) is 1. The van der Waals surface area contributed by atoms with Crippen molar-refractivity contribution in [1.29, 1.82) is 0 Å². The van der Waals surface area contributed by atoms with Gasteiger partial charge < -0.3 is 10.1 Å². The maximum absolute atomic E-state index is 12.7. The van der Waals surface area contributed by atoms with Crippen LogP contribution in [0.3, 0.4) is 0 Å². The molecule has 130 valence electrons. The number of esters is 1. The third-order valence-electron chi connectivity index (χ3n) is 2.97. The fraction of sp³-hybridized carbons (Fsp3) is 0.286. The molecular weight excluding hydrogens is 344 g/mol. The first-order valence-electron chi connectivity index (χ1n) is 6.41. The van der Waals surface area contributed by atoms with Gasteiger partial charge in [0.2, 0.25) is 5.91 Å². The Hall–Kier alpha value is -2.52. The third kappa shape index (κ3) is 4.49. The maximum atomic E-state index is 12.7. The Kier molecular flexibility index (Phi) is 4.59. The van der Waals surface area contributed by atoms with E-state index in [1.165, 1.54) is 0 Å². The maximum Gasteiger partial charge on any atom is 0.416 e. The van der Waals surface area contributed by atoms with E-state index in [1.54, 1.807) is 0 Å². The number of carbonyl (C=O) groups is 2. The van der Waals surface area contributed by atoms with E-state index in [-0.39, 0.29) is 18.4 Å². The summed E-state index contributed by atoms with van der Waals surface area (Å²) in [6.07, 6.45) is -9.73. The van der Waals surface area contributed by atoms with Crippen molar-refractivity contribution >= 4 is 11.9 Å². The van der Waals surface area contributed by atoms with Crippen LogP contribution in [0.1, 0.15) is 16.7 Å². The highest BCUT2D eigenvalue weighted by Crippen LogP contribution is 2.36. The van der Waals surface area contributed by atoms with E-state index in [9.17, 15) is 35.9 Å². The molecule has 2 rings (SSSR count). The molecule has 0 fully saturated rings. The van der Waals surface area contributed by atoms with Gasteiger partial charge in [-0.05, 0) is 23.8 Å². The summed E-state index contributed by atoms with van der Waals surface area (Å²) >= 11 is 0. The van der Waals surface area contributed by atoms with Crippen LogP contribution in [0.5, 0.6) is 0 Å². The second kappa shape index (κ2) is 6.17. The van der Waals surface area contributed by atoms with Gasteiger partial charge in [-0.15, -0.1) is 0 Å². The highest BCUT2D eigenvalue weighted by molar-refractivity contribution is 5.88. The zero-order chi connectivity index (χ0) is 18.1. The van der Waals surface area contributed by atoms with Gasteiger partial charge in [0.25, 0.3) is 0 Å². The molecule has 1 amide bonds. The Balaban J connectivity index is 2.24. The lowest BCUT2D eigenvalue weighted by atomic mass is 10.0. The average Bonchev–Trinajstić information content (AvgIpc) is 2.81. The van der Waals surface area contributed by atoms with Gasteiger partial charge in [0.1, 0.15) is 6.61 Å². The molecule has 4 nitrogen and oxygen atoms in total. The summed E-state index contributed by atoms with van der Waals surface area (Å²) in [5.41, 5.74) is -3.38. The number of ether oxygens (including phenoxy) is 1. The molecule has 1 heterocycles. The number of amides is 1. The first-order valence-corrected chi connectivity index (χ1v) is 6.41. The monoisotopic (exact) mass is 353 g/mol. The van der Waals surface area contributed by atoms with Gasteiger partial charge >= 0.3 is 18.3 Å². The largest absolute Gasteiger partial charge is 0.456 e. The van der Waals surface area contributed by atoms with Crippen molar-refractivity contribution in [2.45, 2.75) is 18.8 Å². The number of halogens is 6. The molecule has 0 atom stereocenters. The normalized spacial score (nSPS) is 15.1. The molecule has 1 N–H and O–H groups in total. The van der Waals surface area contributed by atoms with Crippen molar-refractivity contribution in [3.05, 3.63) is 46.7 Å². The number of carbonyl (C=O) groups excluding carboxylic acids is 2. The predicted octanol–water partition coefficient (Wildman–Crippen LogP) is 2.82. The number of alkyl halides is 6. The molecule has 1 aliphatic rings. The molecule has 1 aromatic carbocycles. The zero-order valence-corrected chi connectivity index (χ0v) is 11.7. The lowest BCUT2D eigenvalue weighted by Crippen LogP contribution is -2.25. The molecule has 0 saturated carbocycles. The quantitative estimate of drug-likeness (QED) is 0.672. The molecule has 0 aromatic heterocycles. The molecule has 0 aliphatic carbocycles. The third-order valence-corrected chi connectivity index (χ3v) is 2.97. The van der Waals surface area contributed by atoms with Gasteiger partial charge in [-0.3, -0.25) is 4.79 Å². The topological polar surface area (TPSA) is 55.4 Å². The van der Waals surface area contributed by atoms with Crippen LogP contribution in [0.2, 0.25) is 0 Å². The standard InChI is InChI=1S/C14H9F6NO3/c15-13(16,17)8-1-7(2-9(4-8)14(18,19)20)3-11(22)21-10-5-12(23)24-6-10/h1-2,4-5H,3,6H2,(H,21,22). The molecular formula is C14H9F6NO3. The van der Waals surface area contributed by atoms with Crippen LogP contribution in [0.4, 0.5) is 26.3 Å². The predicted molar refractivity (Wildman–Crippen MR) is 67.3 cm³/mol. The number of nitrogens with one attached hydrogen (secondary N) is 1. The smallest absolute Gasteiger partial charge is 0.416 e. The summed E-state index contributed by atoms with van der Waals surface area (Å²) < 4.78 is 80.8. The van der Waals surface area contributed by atoms with Gasteiger partial charge in [-0.25, -0.2) is 4.79 Å². The van der Waals surface area contributed by atoms with Crippen LogP contribution in [-0.4, -0.2) is 18.5 Å². The Bertz CT molecular complexity index is 673. The first kappa shape index (κ1) is 17.8. The van der Waals surface area contributed by atoms with Crippen LogP contribution < -0.4 is 5.32 Å². The zero-order valence-electron chi connectivity index (χ0n) is 11.7. The molecule has 1 aliphatic heterocycles. The Morgan fingerprint density at radius 3 is 2.00 bits per heavy atom. The van der Waals surface area contributed by atoms with E-state index in [2.05, 4.69) is 10.1 Å². The minimum Gasteiger partial charge on any atom is -0.456 e. The molecule has 1 aromatic rings. The van der Waals surface area contributed by atoms with Crippen molar-refractivity contribution in [2.24, 2.45) is 0 Å². The van der Waals surface area contributed by atoms with Crippen molar-refractivity contribution in [3.8, 4) is 0 Å². The second-order valence-electron chi connectivity index (χ2n) is 4.92. The van der Waals surface area contributed by atoms with E-state index < -0.39 is 47.3 Å². The van der Waals surface area contributed by atoms with E-state index in [0.29, 0.717) is 12.1 Å². The molecule has 10 heteroatoms. The van der Waals surface area contributed by atoms with E-state index in [1.807, 2.05) is 0 Å². The number of rotatable bonds is 3. The minimum absolute atomic E-state index is 0.0204. The summed E-state index contributed by atoms with van der Waals surface area (Å²) in [5.74, 6) is -1.57. The van der Waals surface area contributed by atoms with Crippen LogP contribution in [0.15, 0.2) is 30.0 Å². The summed E-state index contributed by atoms with van der Waals surface area (Å²) in [6, 6.07) is 0.923. The van der Waals surface area contributed by atoms with Gasteiger partial charge in [0, 0.05) is 6.08 Å². The molecule has 0 radical (unpaired) electrons. The lowest BCUT2D eigenvalue weighted by molar-refractivity contribution is -0.143. The lowest BCUT2D eigenvalue weighted by Gasteiger charge is -2.14. The highest BCUT2D eigenvalue weighted by Gasteiger charge is 2.37. The van der Waals surface area contributed by atoms with Crippen LogP contribution in [0.25, 0.3) is 0 Å². The van der Waals surface area contributed by atoms with Gasteiger partial charge in [-0.1, -0.05) is 0 Å². The van der Waals surface area contributed by atoms with Crippen molar-refractivity contribution in [3.63, 3.8) is 0 Å². The average molecular weight is 353 g/mol. The van der Waals surface area contributed by atoms with E-state index in [0.717, 1.165) is 6.08 Å². The van der Waals surface area contributed by atoms with Gasteiger partial charge in [0.15, 0.2) is 0 Å². The van der Waals surface area contributed by atoms with Crippen LogP contribution in [0, 0.1) is 0 Å². The molecule has 0 bridgehead atoms. The molecule has 0 saturated heterocycles. The minimum atomic E-state index is -4.99. The molecule has 0 spiro atoms. The second-order valence-corrected chi connectivity index (χ2v) is 4.92. The van der Waals surface area contributed by atoms with E-state index in [4.69, 9.17) is 0 Å². The van der Waals surface area contributed by atoms with E-state index >= 15 is 0 Å². The number of benzene rings is 1. The van der Waals surface area contributed by atoms with Crippen LogP contribution in [-0.2, 0) is 33.1 Å². The van der Waals surface area contributed by atoms with Gasteiger partial charge in [-0.2, -0.15) is 26.3 Å². The number of hydrogen-bond acceptors (Lipinski definition) is 3. The molecule has 0 unspecified atom stereocenters. The summed E-state index contributed by atoms with van der Waals surface area (Å²) in [7, 11) is 0. The Morgan fingerprint density at radius 2 is 1.58 bits per heavy atom. The molecule has 24 heavy (non-hydrogen) atoms. The fourth-order valence-electron chi connectivity index (χ4n) is 1.98. The first-order chi connectivity index (χ1) is 10.9. The van der Waals surface area contributed by atoms with Crippen LogP contribution >= 0.6 is 0 Å². The van der Waals surface area contributed by atoms with Crippen molar-refractivity contribution in [2.75, 3.05) is 6.61 Å². The SMILES string of the molecule is O=C(Cc1cc(C(F)(F)F)cc(C(F)(F)F)c1)NC1=CC(=O)OC1. The Morgan fingerprint density at radius 1 is 1.04 bits per heavy atom. The van der Waals surface area contributed by atoms with Crippen molar-refractivity contribution in [1.82, 2.24) is 5.32 Å². The highest BCUT2D eigenvalue weighted by atomic mass is 19.4. The van der Waals surface area contributed by atoms with Crippen molar-refractivity contribution < 1.29 is 40.7 Å². The fourth-order valence-corrected chi connectivity index (χ4v) is 1.98. The summed E-state index contributed by atoms with van der Waals surface area (Å²) in [4.78, 5) is 22.5. The van der Waals surface area contributed by atoms with Gasteiger partial charge in [0.05, 0.1) is 23.2 Å². The summed E-state index contributed by atoms with van der Waals surface area (Å²) in [6.45, 7) is -0.221. The summed E-state index contributed by atoms with van der Waals surface area (Å²) in [5, 5.41) is 2.19. The number of hydrogen-bond donors (Lipinski definition) is 1. The Labute approximate surface area is 131 Å².